The lowest BCUT2D eigenvalue weighted by atomic mass is 10.1. The highest BCUT2D eigenvalue weighted by Gasteiger charge is 2.22. The van der Waals surface area contributed by atoms with Gasteiger partial charge in [0.25, 0.3) is 0 Å². The molecule has 96 valence electrons. The van der Waals surface area contributed by atoms with Gasteiger partial charge >= 0.3 is 11.9 Å². The van der Waals surface area contributed by atoms with E-state index in [1.807, 2.05) is 6.08 Å². The molecule has 0 aromatic carbocycles. The van der Waals surface area contributed by atoms with E-state index in [4.69, 9.17) is 14.4 Å². The largest absolute Gasteiger partial charge is 0.473 e. The number of carbonyl (C=O) groups is 2. The van der Waals surface area contributed by atoms with E-state index in [1.165, 1.54) is 11.3 Å². The van der Waals surface area contributed by atoms with Gasteiger partial charge in [0, 0.05) is 13.5 Å². The van der Waals surface area contributed by atoms with Crippen molar-refractivity contribution in [3.8, 4) is 0 Å². The molecule has 0 fully saturated rings. The van der Waals surface area contributed by atoms with Crippen molar-refractivity contribution < 1.29 is 24.0 Å². The molecular weight excluding hydrogens is 240 g/mol. The van der Waals surface area contributed by atoms with Crippen LogP contribution in [0.2, 0.25) is 0 Å². The minimum atomic E-state index is -1.61. The Morgan fingerprint density at radius 1 is 1.56 bits per heavy atom. The summed E-state index contributed by atoms with van der Waals surface area (Å²) in [5, 5.41) is 9.76. The molecule has 2 rings (SSSR count). The van der Waals surface area contributed by atoms with Gasteiger partial charge in [-0.3, -0.25) is 0 Å². The lowest BCUT2D eigenvalue weighted by Crippen LogP contribution is -2.34. The topological polar surface area (TPSA) is 92.9 Å². The van der Waals surface area contributed by atoms with Crippen LogP contribution in [0.25, 0.3) is 5.57 Å². The van der Waals surface area contributed by atoms with Crippen LogP contribution in [0, 0.1) is 6.92 Å². The molecule has 0 bridgehead atoms. The molecule has 1 N–H and O–H groups in total. The van der Waals surface area contributed by atoms with Crippen LogP contribution in [-0.4, -0.2) is 40.2 Å². The van der Waals surface area contributed by atoms with Crippen molar-refractivity contribution in [3.05, 3.63) is 23.9 Å². The predicted molar refractivity (Wildman–Crippen MR) is 59.1 cm³/mol. The first-order chi connectivity index (χ1) is 8.56. The second kappa shape index (κ2) is 5.01. The van der Waals surface area contributed by atoms with E-state index in [1.54, 1.807) is 6.92 Å². The number of aromatic nitrogens is 1. The quantitative estimate of drug-likeness (QED) is 0.771. The van der Waals surface area contributed by atoms with Gasteiger partial charge in [-0.15, -0.1) is 5.06 Å². The van der Waals surface area contributed by atoms with Gasteiger partial charge in [0.15, 0.2) is 5.89 Å². The van der Waals surface area contributed by atoms with Crippen LogP contribution in [0.3, 0.4) is 0 Å². The van der Waals surface area contributed by atoms with E-state index in [0.29, 0.717) is 31.1 Å². The van der Waals surface area contributed by atoms with Crippen molar-refractivity contribution in [2.24, 2.45) is 0 Å². The number of carboxylic acids is 1. The van der Waals surface area contributed by atoms with Crippen molar-refractivity contribution in [2.45, 2.75) is 13.3 Å². The summed E-state index contributed by atoms with van der Waals surface area (Å²) in [6.45, 7) is 2.49. The number of hydrogen-bond donors (Lipinski definition) is 1. The number of rotatable bonds is 2. The number of nitrogens with zero attached hydrogens (tertiary/aromatic N) is 2. The second-order valence-electron chi connectivity index (χ2n) is 3.82. The van der Waals surface area contributed by atoms with E-state index < -0.39 is 11.9 Å². The van der Waals surface area contributed by atoms with E-state index >= 15 is 0 Å². The van der Waals surface area contributed by atoms with Crippen molar-refractivity contribution in [2.75, 3.05) is 13.1 Å². The van der Waals surface area contributed by atoms with Crippen molar-refractivity contribution in [3.63, 3.8) is 0 Å². The minimum Gasteiger partial charge on any atom is -0.473 e. The molecule has 1 aromatic rings. The van der Waals surface area contributed by atoms with E-state index in [0.717, 1.165) is 5.57 Å². The summed E-state index contributed by atoms with van der Waals surface area (Å²) in [7, 11) is 0. The maximum atomic E-state index is 10.9. The molecule has 1 aromatic heterocycles. The van der Waals surface area contributed by atoms with Gasteiger partial charge in [0.05, 0.1) is 6.54 Å². The number of hydroxylamine groups is 2. The molecule has 7 nitrogen and oxygen atoms in total. The number of hydrogen-bond acceptors (Lipinski definition) is 6. The number of aliphatic carboxylic acids is 1. The Hall–Kier alpha value is -2.15. The average Bonchev–Trinajstić information content (AvgIpc) is 2.76. The number of carboxylic acid groups (broad SMARTS) is 1. The number of aryl methyl sites for hydroxylation is 1. The molecule has 0 saturated heterocycles. The zero-order valence-corrected chi connectivity index (χ0v) is 9.75. The van der Waals surface area contributed by atoms with Crippen LogP contribution >= 0.6 is 0 Å². The van der Waals surface area contributed by atoms with Crippen LogP contribution in [0.1, 0.15) is 18.0 Å². The van der Waals surface area contributed by atoms with E-state index in [9.17, 15) is 9.59 Å². The molecule has 18 heavy (non-hydrogen) atoms. The Balaban J connectivity index is 2.02. The third kappa shape index (κ3) is 2.75. The van der Waals surface area contributed by atoms with Gasteiger partial charge < -0.3 is 14.4 Å². The Kier molecular flexibility index (Phi) is 3.42. The SMILES string of the molecule is Cc1nc(C2=CCCN(OC(=O)C(=O)O)C2)co1. The van der Waals surface area contributed by atoms with Crippen LogP contribution in [0.15, 0.2) is 16.8 Å². The van der Waals surface area contributed by atoms with E-state index in [2.05, 4.69) is 4.98 Å². The molecule has 0 spiro atoms. The molecule has 7 heteroatoms. The van der Waals surface area contributed by atoms with Crippen molar-refractivity contribution >= 4 is 17.5 Å². The molecule has 0 aliphatic carbocycles. The second-order valence-corrected chi connectivity index (χ2v) is 3.82. The molecule has 0 amide bonds. The van der Waals surface area contributed by atoms with Gasteiger partial charge in [0.2, 0.25) is 0 Å². The first kappa shape index (κ1) is 12.3. The van der Waals surface area contributed by atoms with Gasteiger partial charge in [-0.05, 0) is 12.0 Å². The molecule has 0 unspecified atom stereocenters. The summed E-state index contributed by atoms with van der Waals surface area (Å²) in [6, 6.07) is 0. The molecular formula is C11H12N2O5. The molecule has 0 saturated carbocycles. The third-order valence-corrected chi connectivity index (χ3v) is 2.45. The summed E-state index contributed by atoms with van der Waals surface area (Å²) in [5.74, 6) is -2.35. The maximum Gasteiger partial charge on any atom is 0.436 e. The van der Waals surface area contributed by atoms with Crippen LogP contribution in [0.5, 0.6) is 0 Å². The zero-order chi connectivity index (χ0) is 13.1. The predicted octanol–water partition coefficient (Wildman–Crippen LogP) is 0.615. The standard InChI is InChI=1S/C11H12N2O5/c1-7-12-9(6-17-7)8-3-2-4-13(5-8)18-11(16)10(14)15/h3,6H,2,4-5H2,1H3,(H,14,15). The molecule has 1 aliphatic heterocycles. The summed E-state index contributed by atoms with van der Waals surface area (Å²) in [5.41, 5.74) is 1.51. The smallest absolute Gasteiger partial charge is 0.436 e. The lowest BCUT2D eigenvalue weighted by molar-refractivity contribution is -0.195. The maximum absolute atomic E-state index is 10.9. The highest BCUT2D eigenvalue weighted by atomic mass is 16.7. The van der Waals surface area contributed by atoms with Gasteiger partial charge in [-0.25, -0.2) is 14.6 Å². The van der Waals surface area contributed by atoms with Gasteiger partial charge in [-0.1, -0.05) is 6.08 Å². The Morgan fingerprint density at radius 3 is 2.94 bits per heavy atom. The summed E-state index contributed by atoms with van der Waals surface area (Å²) in [4.78, 5) is 30.2. The van der Waals surface area contributed by atoms with Crippen LogP contribution < -0.4 is 0 Å². The molecule has 1 aliphatic rings. The Morgan fingerprint density at radius 2 is 2.33 bits per heavy atom. The van der Waals surface area contributed by atoms with Crippen LogP contribution in [-0.2, 0) is 14.4 Å². The fourth-order valence-corrected chi connectivity index (χ4v) is 1.65. The fraction of sp³-hybridized carbons (Fsp3) is 0.364. The van der Waals surface area contributed by atoms with Crippen molar-refractivity contribution in [1.82, 2.24) is 10.0 Å². The normalized spacial score (nSPS) is 16.2. The van der Waals surface area contributed by atoms with Gasteiger partial charge in [0.1, 0.15) is 12.0 Å². The molecule has 0 atom stereocenters. The monoisotopic (exact) mass is 252 g/mol. The summed E-state index contributed by atoms with van der Waals surface area (Å²) >= 11 is 0. The van der Waals surface area contributed by atoms with Crippen molar-refractivity contribution in [1.29, 1.82) is 0 Å². The Labute approximate surface area is 103 Å². The first-order valence-corrected chi connectivity index (χ1v) is 5.38. The first-order valence-electron chi connectivity index (χ1n) is 5.38. The van der Waals surface area contributed by atoms with Gasteiger partial charge in [-0.2, -0.15) is 0 Å². The zero-order valence-electron chi connectivity index (χ0n) is 9.75. The Bertz CT molecular complexity index is 505. The minimum absolute atomic E-state index is 0.297. The summed E-state index contributed by atoms with van der Waals surface area (Å²) in [6.07, 6.45) is 4.13. The summed E-state index contributed by atoms with van der Waals surface area (Å²) < 4.78 is 5.10. The number of carbonyl (C=O) groups excluding carboxylic acids is 1. The van der Waals surface area contributed by atoms with Crippen LogP contribution in [0.4, 0.5) is 0 Å². The fourth-order valence-electron chi connectivity index (χ4n) is 1.65. The third-order valence-electron chi connectivity index (χ3n) is 2.45. The average molecular weight is 252 g/mol. The molecule has 0 radical (unpaired) electrons. The highest BCUT2D eigenvalue weighted by Crippen LogP contribution is 2.20. The number of oxazole rings is 1. The highest BCUT2D eigenvalue weighted by molar-refractivity contribution is 6.28. The molecule has 2 heterocycles. The lowest BCUT2D eigenvalue weighted by Gasteiger charge is -2.24. The van der Waals surface area contributed by atoms with E-state index in [-0.39, 0.29) is 0 Å².